The van der Waals surface area contributed by atoms with Crippen LogP contribution in [0.5, 0.6) is 0 Å². The molecule has 1 saturated heterocycles. The number of morpholine rings is 1. The summed E-state index contributed by atoms with van der Waals surface area (Å²) in [7, 11) is -3.60. The smallest absolute Gasteiger partial charge is 0.242 e. The van der Waals surface area contributed by atoms with Crippen LogP contribution in [0.3, 0.4) is 0 Å². The second-order valence-corrected chi connectivity index (χ2v) is 17.4. The first-order valence-electron chi connectivity index (χ1n) is 18.1. The maximum atomic E-state index is 14.0. The molecule has 0 spiro atoms. The third-order valence-electron chi connectivity index (χ3n) is 10.0. The summed E-state index contributed by atoms with van der Waals surface area (Å²) >= 11 is 0. The van der Waals surface area contributed by atoms with Crippen LogP contribution < -0.4 is 10.6 Å². The molecule has 1 saturated carbocycles. The van der Waals surface area contributed by atoms with E-state index in [1.54, 1.807) is 20.0 Å². The van der Waals surface area contributed by atoms with Crippen molar-refractivity contribution in [2.75, 3.05) is 38.6 Å². The molecule has 4 N–H and O–H groups in total. The van der Waals surface area contributed by atoms with Crippen molar-refractivity contribution in [3.8, 4) is 0 Å². The number of amides is 2. The molecule has 0 unspecified atom stereocenters. The Hall–Kier alpha value is -2.64. The second kappa shape index (κ2) is 18.6. The zero-order valence-corrected chi connectivity index (χ0v) is 30.5. The summed E-state index contributed by atoms with van der Waals surface area (Å²) < 4.78 is 31.7. The van der Waals surface area contributed by atoms with E-state index in [1.807, 2.05) is 44.2 Å². The van der Waals surface area contributed by atoms with E-state index in [9.17, 15) is 28.2 Å². The molecule has 11 nitrogen and oxygen atoms in total. The predicted molar refractivity (Wildman–Crippen MR) is 192 cm³/mol. The van der Waals surface area contributed by atoms with E-state index < -0.39 is 57.1 Å². The van der Waals surface area contributed by atoms with Gasteiger partial charge in [0.15, 0.2) is 9.84 Å². The van der Waals surface area contributed by atoms with Crippen molar-refractivity contribution in [2.45, 2.75) is 109 Å². The van der Waals surface area contributed by atoms with Gasteiger partial charge in [-0.1, -0.05) is 58.1 Å². The summed E-state index contributed by atoms with van der Waals surface area (Å²) in [4.78, 5) is 34.4. The first-order valence-corrected chi connectivity index (χ1v) is 19.9. The van der Waals surface area contributed by atoms with Gasteiger partial charge < -0.3 is 25.6 Å². The van der Waals surface area contributed by atoms with E-state index in [1.165, 1.54) is 6.42 Å². The van der Waals surface area contributed by atoms with Gasteiger partial charge in [0.25, 0.3) is 0 Å². The lowest BCUT2D eigenvalue weighted by atomic mass is 9.83. The Morgan fingerprint density at radius 1 is 1.00 bits per heavy atom. The number of carbonyl (C=O) groups excluding carboxylic acids is 2. The highest BCUT2D eigenvalue weighted by Gasteiger charge is 2.35. The van der Waals surface area contributed by atoms with E-state index in [0.29, 0.717) is 45.1 Å². The van der Waals surface area contributed by atoms with Crippen LogP contribution >= 0.6 is 0 Å². The number of hydrogen-bond acceptors (Lipinski definition) is 9. The normalized spacial score (nSPS) is 19.8. The number of nitrogens with one attached hydrogen (secondary N) is 2. The van der Waals surface area contributed by atoms with Crippen LogP contribution in [0.2, 0.25) is 0 Å². The van der Waals surface area contributed by atoms with E-state index in [4.69, 9.17) is 4.74 Å². The molecule has 4 rings (SSSR count). The minimum absolute atomic E-state index is 0.0375. The number of ether oxygens (including phenoxy) is 1. The van der Waals surface area contributed by atoms with Crippen LogP contribution in [0.4, 0.5) is 0 Å². The van der Waals surface area contributed by atoms with Gasteiger partial charge in [-0.15, -0.1) is 0 Å². The Kier molecular flexibility index (Phi) is 14.8. The van der Waals surface area contributed by atoms with Gasteiger partial charge in [-0.2, -0.15) is 0 Å². The monoisotopic (exact) mass is 702 g/mol. The number of aliphatic hydroxyl groups excluding tert-OH is 2. The highest BCUT2D eigenvalue weighted by Crippen LogP contribution is 2.29. The van der Waals surface area contributed by atoms with Crippen LogP contribution in [0.1, 0.15) is 78.2 Å². The number of nitrogens with zero attached hydrogens (tertiary/aromatic N) is 2. The molecule has 2 aliphatic rings. The highest BCUT2D eigenvalue weighted by atomic mass is 32.2. The first kappa shape index (κ1) is 39.2. The third-order valence-corrected chi connectivity index (χ3v) is 12.3. The zero-order chi connectivity index (χ0) is 35.6. The number of aliphatic hydroxyl groups is 2. The number of hydrogen-bond donors (Lipinski definition) is 4. The summed E-state index contributed by atoms with van der Waals surface area (Å²) in [6.45, 7) is 9.85. The number of pyridine rings is 1. The highest BCUT2D eigenvalue weighted by molar-refractivity contribution is 7.92. The molecule has 12 heteroatoms. The van der Waals surface area contributed by atoms with Gasteiger partial charge in [-0.3, -0.25) is 19.5 Å². The molecule has 1 aliphatic heterocycles. The molecule has 0 radical (unpaired) electrons. The Labute approximate surface area is 292 Å². The molecule has 2 fully saturated rings. The van der Waals surface area contributed by atoms with Crippen LogP contribution in [-0.2, 0) is 30.6 Å². The quantitative estimate of drug-likeness (QED) is 0.194. The third kappa shape index (κ3) is 12.0. The number of fused-ring (bicyclic) bond motifs is 1. The maximum absolute atomic E-state index is 14.0. The number of β-amino-alcohol motifs (C(OH)–C–C–N with tert-alkyl or cyclic N) is 1. The summed E-state index contributed by atoms with van der Waals surface area (Å²) in [5, 5.41) is 28.8. The van der Waals surface area contributed by atoms with Crippen molar-refractivity contribution in [1.82, 2.24) is 20.5 Å². The molecular formula is C37H58N4O7S. The molecule has 5 atom stereocenters. The maximum Gasteiger partial charge on any atom is 0.242 e. The zero-order valence-electron chi connectivity index (χ0n) is 29.7. The van der Waals surface area contributed by atoms with Crippen molar-refractivity contribution >= 4 is 32.6 Å². The van der Waals surface area contributed by atoms with Crippen LogP contribution in [0.15, 0.2) is 36.5 Å². The molecule has 1 aliphatic carbocycles. The number of sulfone groups is 1. The van der Waals surface area contributed by atoms with Gasteiger partial charge in [-0.05, 0) is 68.7 Å². The minimum Gasteiger partial charge on any atom is -0.389 e. The molecule has 2 aromatic rings. The summed E-state index contributed by atoms with van der Waals surface area (Å²) in [6, 6.07) is 7.73. The SMILES string of the molecule is CC(C)C[C@H](NC(=O)[C@H](Cc1ccc2ncccc2c1)CS(=O)(=O)C(C)C)C(=O)N[C@@H](CC1CCCCC1)[C@@H](O)[C@@H](O)CN1CCOCC1. The average Bonchev–Trinajstić information content (AvgIpc) is 3.07. The Balaban J connectivity index is 1.53. The van der Waals surface area contributed by atoms with Gasteiger partial charge >= 0.3 is 0 Å². The van der Waals surface area contributed by atoms with Crippen molar-refractivity contribution in [1.29, 1.82) is 0 Å². The molecule has 1 aromatic heterocycles. The number of benzene rings is 1. The van der Waals surface area contributed by atoms with Crippen molar-refractivity contribution in [3.05, 3.63) is 42.1 Å². The fourth-order valence-corrected chi connectivity index (χ4v) is 8.22. The number of aromatic nitrogens is 1. The summed E-state index contributed by atoms with van der Waals surface area (Å²) in [5.74, 6) is -1.88. The fourth-order valence-electron chi connectivity index (χ4n) is 7.00. The number of rotatable bonds is 17. The van der Waals surface area contributed by atoms with Crippen LogP contribution in [0.25, 0.3) is 10.9 Å². The predicted octanol–water partition coefficient (Wildman–Crippen LogP) is 3.26. The molecule has 274 valence electrons. The second-order valence-electron chi connectivity index (χ2n) is 14.8. The summed E-state index contributed by atoms with van der Waals surface area (Å²) in [5.41, 5.74) is 1.60. The Bertz CT molecular complexity index is 1460. The molecule has 2 amide bonds. The lowest BCUT2D eigenvalue weighted by Gasteiger charge is -2.35. The molecular weight excluding hydrogens is 644 g/mol. The fraction of sp³-hybridized carbons (Fsp3) is 0.703. The summed E-state index contributed by atoms with van der Waals surface area (Å²) in [6.07, 6.45) is 5.82. The van der Waals surface area contributed by atoms with Gasteiger partial charge in [0.05, 0.1) is 47.8 Å². The largest absolute Gasteiger partial charge is 0.389 e. The van der Waals surface area contributed by atoms with Gasteiger partial charge in [0.1, 0.15) is 12.1 Å². The standard InChI is InChI=1S/C37H58N4O7S/c1-25(2)19-33(37(45)39-32(22-27-9-6-5-7-10-27)35(43)34(42)23-41-15-17-48-18-16-41)40-36(44)30(24-49(46,47)26(3)4)21-28-12-13-31-29(20-28)11-8-14-38-31/h8,11-14,20,25-27,30,32-35,42-43H,5-7,9-10,15-19,21-24H2,1-4H3,(H,39,45)(H,40,44)/t30-,32+,33+,34+,35-/m1/s1. The lowest BCUT2D eigenvalue weighted by Crippen LogP contribution is -2.57. The number of carbonyl (C=O) groups is 2. The van der Waals surface area contributed by atoms with Crippen LogP contribution in [-0.4, -0.2) is 108 Å². The van der Waals surface area contributed by atoms with Crippen molar-refractivity contribution < 1.29 is 33.0 Å². The molecule has 0 bridgehead atoms. The average molecular weight is 703 g/mol. The van der Waals surface area contributed by atoms with E-state index in [2.05, 4.69) is 20.5 Å². The van der Waals surface area contributed by atoms with Gasteiger partial charge in [0.2, 0.25) is 11.8 Å². The topological polar surface area (TPSA) is 158 Å². The van der Waals surface area contributed by atoms with E-state index in [0.717, 1.165) is 42.1 Å². The van der Waals surface area contributed by atoms with E-state index in [-0.39, 0.29) is 24.6 Å². The van der Waals surface area contributed by atoms with Crippen LogP contribution in [0, 0.1) is 17.8 Å². The van der Waals surface area contributed by atoms with Gasteiger partial charge in [-0.25, -0.2) is 8.42 Å². The molecule has 1 aromatic carbocycles. The molecule has 49 heavy (non-hydrogen) atoms. The first-order chi connectivity index (χ1) is 23.3. The van der Waals surface area contributed by atoms with Crippen molar-refractivity contribution in [2.24, 2.45) is 17.8 Å². The van der Waals surface area contributed by atoms with E-state index >= 15 is 0 Å². The lowest BCUT2D eigenvalue weighted by molar-refractivity contribution is -0.132. The minimum atomic E-state index is -3.60. The van der Waals surface area contributed by atoms with Gasteiger partial charge in [0, 0.05) is 31.2 Å². The molecule has 2 heterocycles. The Morgan fingerprint density at radius 3 is 2.39 bits per heavy atom. The Morgan fingerprint density at radius 2 is 1.71 bits per heavy atom. The van der Waals surface area contributed by atoms with Crippen molar-refractivity contribution in [3.63, 3.8) is 0 Å².